The van der Waals surface area contributed by atoms with E-state index in [1.165, 1.54) is 12.8 Å². The van der Waals surface area contributed by atoms with E-state index >= 15 is 0 Å². The average Bonchev–Trinajstić information content (AvgIpc) is 3.03. The summed E-state index contributed by atoms with van der Waals surface area (Å²) in [5, 5.41) is 6.84. The number of hydrogen-bond donors (Lipinski definition) is 2. The van der Waals surface area contributed by atoms with E-state index in [2.05, 4.69) is 15.6 Å². The molecule has 0 radical (unpaired) electrons. The Balaban J connectivity index is 1.59. The molecule has 0 aromatic carbocycles. The maximum Gasteiger partial charge on any atom is 0.191 e. The fourth-order valence-corrected chi connectivity index (χ4v) is 2.84. The average molecular weight is 269 g/mol. The summed E-state index contributed by atoms with van der Waals surface area (Å²) in [4.78, 5) is 4.28. The zero-order valence-corrected chi connectivity index (χ0v) is 12.2. The van der Waals surface area contributed by atoms with Crippen LogP contribution in [0.2, 0.25) is 0 Å². The SMILES string of the molecule is CCOCCCCNC(=NC)NC1CC2CCC1O2. The maximum absolute atomic E-state index is 5.84. The highest BCUT2D eigenvalue weighted by molar-refractivity contribution is 5.80. The van der Waals surface area contributed by atoms with Gasteiger partial charge in [0.25, 0.3) is 0 Å². The highest BCUT2D eigenvalue weighted by Gasteiger charge is 2.40. The quantitative estimate of drug-likeness (QED) is 0.415. The van der Waals surface area contributed by atoms with Crippen LogP contribution in [0.15, 0.2) is 4.99 Å². The van der Waals surface area contributed by atoms with E-state index in [-0.39, 0.29) is 0 Å². The van der Waals surface area contributed by atoms with Gasteiger partial charge in [-0.05, 0) is 39.0 Å². The number of ether oxygens (including phenoxy) is 2. The Bertz CT molecular complexity index is 296. The lowest BCUT2D eigenvalue weighted by Crippen LogP contribution is -2.47. The molecule has 5 heteroatoms. The zero-order chi connectivity index (χ0) is 13.5. The third-order valence-electron chi connectivity index (χ3n) is 3.86. The smallest absolute Gasteiger partial charge is 0.191 e. The van der Waals surface area contributed by atoms with E-state index in [9.17, 15) is 0 Å². The molecule has 19 heavy (non-hydrogen) atoms. The maximum atomic E-state index is 5.84. The predicted octanol–water partition coefficient (Wildman–Crippen LogP) is 1.29. The van der Waals surface area contributed by atoms with Crippen molar-refractivity contribution in [3.05, 3.63) is 0 Å². The van der Waals surface area contributed by atoms with Gasteiger partial charge in [-0.3, -0.25) is 4.99 Å². The van der Waals surface area contributed by atoms with Gasteiger partial charge >= 0.3 is 0 Å². The van der Waals surface area contributed by atoms with Crippen LogP contribution in [0.25, 0.3) is 0 Å². The van der Waals surface area contributed by atoms with Crippen LogP contribution in [0.1, 0.15) is 39.0 Å². The molecule has 5 nitrogen and oxygen atoms in total. The minimum absolute atomic E-state index is 0.390. The Hall–Kier alpha value is -0.810. The molecule has 0 aromatic heterocycles. The van der Waals surface area contributed by atoms with Crippen molar-refractivity contribution in [2.24, 2.45) is 4.99 Å². The Morgan fingerprint density at radius 2 is 2.26 bits per heavy atom. The number of guanidine groups is 1. The zero-order valence-electron chi connectivity index (χ0n) is 12.2. The predicted molar refractivity (Wildman–Crippen MR) is 76.5 cm³/mol. The van der Waals surface area contributed by atoms with E-state index in [4.69, 9.17) is 9.47 Å². The van der Waals surface area contributed by atoms with Gasteiger partial charge < -0.3 is 20.1 Å². The first-order valence-electron chi connectivity index (χ1n) is 7.54. The molecule has 2 aliphatic heterocycles. The normalized spacial score (nSPS) is 29.8. The number of nitrogens with one attached hydrogen (secondary N) is 2. The first-order chi connectivity index (χ1) is 9.33. The molecule has 0 spiro atoms. The number of rotatable bonds is 7. The lowest BCUT2D eigenvalue weighted by Gasteiger charge is -2.22. The summed E-state index contributed by atoms with van der Waals surface area (Å²) in [6, 6.07) is 0.438. The Morgan fingerprint density at radius 3 is 2.89 bits per heavy atom. The highest BCUT2D eigenvalue weighted by Crippen LogP contribution is 2.34. The van der Waals surface area contributed by atoms with Crippen molar-refractivity contribution in [3.8, 4) is 0 Å². The van der Waals surface area contributed by atoms with Crippen LogP contribution >= 0.6 is 0 Å². The minimum Gasteiger partial charge on any atom is -0.382 e. The molecule has 0 aromatic rings. The number of fused-ring (bicyclic) bond motifs is 2. The van der Waals surface area contributed by atoms with Crippen molar-refractivity contribution in [2.45, 2.75) is 57.3 Å². The van der Waals surface area contributed by atoms with Gasteiger partial charge in [-0.15, -0.1) is 0 Å². The number of hydrogen-bond acceptors (Lipinski definition) is 3. The molecule has 110 valence electrons. The van der Waals surface area contributed by atoms with E-state index in [0.717, 1.165) is 45.0 Å². The molecule has 2 N–H and O–H groups in total. The van der Waals surface area contributed by atoms with Crippen LogP contribution in [0.4, 0.5) is 0 Å². The molecular formula is C14H27N3O2. The summed E-state index contributed by atoms with van der Waals surface area (Å²) in [6.45, 7) is 4.63. The molecule has 3 unspecified atom stereocenters. The first kappa shape index (κ1) is 14.6. The monoisotopic (exact) mass is 269 g/mol. The molecule has 0 aliphatic carbocycles. The summed E-state index contributed by atoms with van der Waals surface area (Å²) in [5.74, 6) is 0.901. The lowest BCUT2D eigenvalue weighted by atomic mass is 9.96. The number of aliphatic imine (C=N–C) groups is 1. The second kappa shape index (κ2) is 7.70. The summed E-state index contributed by atoms with van der Waals surface area (Å²) < 4.78 is 11.2. The van der Waals surface area contributed by atoms with Crippen molar-refractivity contribution >= 4 is 5.96 Å². The molecule has 2 saturated heterocycles. The third kappa shape index (κ3) is 4.35. The standard InChI is InChI=1S/C14H27N3O2/c1-3-18-9-5-4-8-16-14(15-2)17-12-10-11-6-7-13(12)19-11/h11-13H,3-10H2,1-2H3,(H2,15,16,17). The second-order valence-electron chi connectivity index (χ2n) is 5.26. The number of nitrogens with zero attached hydrogens (tertiary/aromatic N) is 1. The molecule has 2 bridgehead atoms. The molecular weight excluding hydrogens is 242 g/mol. The second-order valence-corrected chi connectivity index (χ2v) is 5.26. The van der Waals surface area contributed by atoms with Crippen molar-refractivity contribution in [1.29, 1.82) is 0 Å². The van der Waals surface area contributed by atoms with Gasteiger partial charge in [0.15, 0.2) is 5.96 Å². The molecule has 2 fully saturated rings. The van der Waals surface area contributed by atoms with Gasteiger partial charge in [0, 0.05) is 26.8 Å². The van der Waals surface area contributed by atoms with Crippen LogP contribution in [0.5, 0.6) is 0 Å². The minimum atomic E-state index is 0.390. The summed E-state index contributed by atoms with van der Waals surface area (Å²) in [5.41, 5.74) is 0. The van der Waals surface area contributed by atoms with Gasteiger partial charge in [-0.2, -0.15) is 0 Å². The van der Waals surface area contributed by atoms with Crippen LogP contribution < -0.4 is 10.6 Å². The first-order valence-corrected chi connectivity index (χ1v) is 7.54. The number of unbranched alkanes of at least 4 members (excludes halogenated alkanes) is 1. The molecule has 0 saturated carbocycles. The van der Waals surface area contributed by atoms with Crippen LogP contribution in [-0.2, 0) is 9.47 Å². The van der Waals surface area contributed by atoms with Crippen molar-refractivity contribution in [2.75, 3.05) is 26.8 Å². The van der Waals surface area contributed by atoms with Crippen LogP contribution in [-0.4, -0.2) is 51.0 Å². The molecule has 3 atom stereocenters. The Morgan fingerprint density at radius 1 is 1.37 bits per heavy atom. The Labute approximate surface area is 116 Å². The van der Waals surface area contributed by atoms with E-state index < -0.39 is 0 Å². The topological polar surface area (TPSA) is 54.9 Å². The fourth-order valence-electron chi connectivity index (χ4n) is 2.84. The molecule has 2 aliphatic rings. The Kier molecular flexibility index (Phi) is 5.92. The molecule has 0 amide bonds. The van der Waals surface area contributed by atoms with Gasteiger partial charge in [-0.25, -0.2) is 0 Å². The van der Waals surface area contributed by atoms with Gasteiger partial charge in [0.05, 0.1) is 18.2 Å². The summed E-state index contributed by atoms with van der Waals surface area (Å²) in [6.07, 6.45) is 6.60. The largest absolute Gasteiger partial charge is 0.382 e. The van der Waals surface area contributed by atoms with Gasteiger partial charge in [0.1, 0.15) is 0 Å². The van der Waals surface area contributed by atoms with E-state index in [0.29, 0.717) is 18.2 Å². The highest BCUT2D eigenvalue weighted by atomic mass is 16.5. The summed E-state index contributed by atoms with van der Waals surface area (Å²) in [7, 11) is 1.82. The van der Waals surface area contributed by atoms with E-state index in [1.54, 1.807) is 0 Å². The fraction of sp³-hybridized carbons (Fsp3) is 0.929. The lowest BCUT2D eigenvalue weighted by molar-refractivity contribution is 0.0992. The van der Waals surface area contributed by atoms with Crippen molar-refractivity contribution < 1.29 is 9.47 Å². The van der Waals surface area contributed by atoms with Crippen molar-refractivity contribution in [1.82, 2.24) is 10.6 Å². The van der Waals surface area contributed by atoms with E-state index in [1.807, 2.05) is 14.0 Å². The summed E-state index contributed by atoms with van der Waals surface area (Å²) >= 11 is 0. The van der Waals surface area contributed by atoms with Gasteiger partial charge in [-0.1, -0.05) is 0 Å². The van der Waals surface area contributed by atoms with Crippen molar-refractivity contribution in [3.63, 3.8) is 0 Å². The third-order valence-corrected chi connectivity index (χ3v) is 3.86. The van der Waals surface area contributed by atoms with Crippen LogP contribution in [0, 0.1) is 0 Å². The van der Waals surface area contributed by atoms with Gasteiger partial charge in [0.2, 0.25) is 0 Å². The van der Waals surface area contributed by atoms with Crippen LogP contribution in [0.3, 0.4) is 0 Å². The molecule has 2 rings (SSSR count). The molecule has 2 heterocycles.